The summed E-state index contributed by atoms with van der Waals surface area (Å²) in [5, 5.41) is 0. The average molecular weight is 500 g/mol. The Morgan fingerprint density at radius 3 is 2.48 bits per heavy atom. The molecular formula is C24H21Cl2N2Zr. The number of aryl methyl sites for hydroxylation is 1. The number of benzene rings is 1. The van der Waals surface area contributed by atoms with Gasteiger partial charge >= 0.3 is 117 Å². The van der Waals surface area contributed by atoms with Gasteiger partial charge in [0, 0.05) is 11.3 Å². The van der Waals surface area contributed by atoms with E-state index in [0.29, 0.717) is 3.63 Å². The van der Waals surface area contributed by atoms with Crippen LogP contribution < -0.4 is 24.8 Å². The van der Waals surface area contributed by atoms with E-state index in [1.807, 2.05) is 12.3 Å². The van der Waals surface area contributed by atoms with Crippen molar-refractivity contribution in [1.29, 1.82) is 0 Å². The predicted molar refractivity (Wildman–Crippen MR) is 109 cm³/mol. The third-order valence-corrected chi connectivity index (χ3v) is 6.44. The van der Waals surface area contributed by atoms with Gasteiger partial charge in [0.05, 0.1) is 5.70 Å². The van der Waals surface area contributed by atoms with Crippen LogP contribution in [0, 0.1) is 6.92 Å². The molecule has 1 atom stereocenters. The molecule has 145 valence electrons. The largest absolute Gasteiger partial charge is 1.00 e. The van der Waals surface area contributed by atoms with Crippen molar-refractivity contribution in [2.45, 2.75) is 23.9 Å². The van der Waals surface area contributed by atoms with E-state index in [9.17, 15) is 0 Å². The van der Waals surface area contributed by atoms with Gasteiger partial charge in [-0.2, -0.15) is 0 Å². The van der Waals surface area contributed by atoms with Gasteiger partial charge < -0.3 is 24.8 Å². The second-order valence-corrected chi connectivity index (χ2v) is 8.27. The van der Waals surface area contributed by atoms with Crippen molar-refractivity contribution in [2.75, 3.05) is 0 Å². The average Bonchev–Trinajstić information content (AvgIpc) is 3.37. The van der Waals surface area contributed by atoms with Crippen LogP contribution in [0.25, 0.3) is 11.6 Å². The molecule has 0 saturated heterocycles. The first-order valence-corrected chi connectivity index (χ1v) is 10.7. The zero-order valence-electron chi connectivity index (χ0n) is 16.4. The van der Waals surface area contributed by atoms with E-state index < -0.39 is 0 Å². The Kier molecular flexibility index (Phi) is 8.58. The summed E-state index contributed by atoms with van der Waals surface area (Å²) in [4.78, 5) is 8.93. The van der Waals surface area contributed by atoms with Crippen LogP contribution in [0.3, 0.4) is 0 Å². The van der Waals surface area contributed by atoms with Crippen LogP contribution in [0.2, 0.25) is 0 Å². The summed E-state index contributed by atoms with van der Waals surface area (Å²) in [7, 11) is 0. The van der Waals surface area contributed by atoms with Crippen molar-refractivity contribution in [3.8, 4) is 0 Å². The van der Waals surface area contributed by atoms with E-state index in [0.717, 1.165) is 17.8 Å². The number of hydrogen-bond acceptors (Lipinski definition) is 2. The topological polar surface area (TPSA) is 25.2 Å². The first-order valence-electron chi connectivity index (χ1n) is 9.28. The molecular weight excluding hydrogens is 478 g/mol. The fourth-order valence-corrected chi connectivity index (χ4v) is 4.59. The van der Waals surface area contributed by atoms with Gasteiger partial charge in [0.2, 0.25) is 0 Å². The maximum atomic E-state index is 4.54. The maximum absolute atomic E-state index is 4.54. The van der Waals surface area contributed by atoms with E-state index in [1.165, 1.54) is 58.3 Å². The Balaban J connectivity index is 0.000000216. The summed E-state index contributed by atoms with van der Waals surface area (Å²) in [5.41, 5.74) is 10.1. The molecule has 1 aliphatic heterocycles. The van der Waals surface area contributed by atoms with Crippen molar-refractivity contribution in [3.05, 3.63) is 101 Å². The van der Waals surface area contributed by atoms with Crippen molar-refractivity contribution in [3.63, 3.8) is 0 Å². The zero-order chi connectivity index (χ0) is 18.8. The molecule has 0 amide bonds. The van der Waals surface area contributed by atoms with E-state index in [4.69, 9.17) is 0 Å². The van der Waals surface area contributed by atoms with Crippen LogP contribution in [-0.2, 0) is 24.7 Å². The fraction of sp³-hybridized carbons (Fsp3) is 0.167. The predicted octanol–water partition coefficient (Wildman–Crippen LogP) is -0.229. The molecule has 2 aliphatic carbocycles. The monoisotopic (exact) mass is 497 g/mol. The minimum Gasteiger partial charge on any atom is -1.00 e. The number of rotatable bonds is 2. The second-order valence-electron chi connectivity index (χ2n) is 6.85. The number of nitrogens with zero attached hydrogens (tertiary/aromatic N) is 2. The Bertz CT molecular complexity index is 1030. The molecule has 3 aliphatic rings. The van der Waals surface area contributed by atoms with Crippen LogP contribution >= 0.6 is 0 Å². The van der Waals surface area contributed by atoms with Gasteiger partial charge in [-0.1, -0.05) is 19.1 Å². The molecule has 0 N–H and O–H groups in total. The molecule has 0 saturated carbocycles. The van der Waals surface area contributed by atoms with Gasteiger partial charge in [-0.05, 0) is 18.6 Å². The van der Waals surface area contributed by atoms with E-state index in [1.54, 1.807) is 0 Å². The van der Waals surface area contributed by atoms with Crippen LogP contribution in [0.5, 0.6) is 0 Å². The van der Waals surface area contributed by atoms with E-state index >= 15 is 0 Å². The Hall–Kier alpha value is -1.54. The number of aromatic nitrogens is 1. The molecule has 0 bridgehead atoms. The van der Waals surface area contributed by atoms with Crippen LogP contribution in [0.4, 0.5) is 0 Å². The van der Waals surface area contributed by atoms with E-state index in [-0.39, 0.29) is 24.8 Å². The summed E-state index contributed by atoms with van der Waals surface area (Å²) in [6.07, 6.45) is 13.6. The van der Waals surface area contributed by atoms with Gasteiger partial charge in [0.15, 0.2) is 0 Å². The van der Waals surface area contributed by atoms with Gasteiger partial charge in [0.25, 0.3) is 0 Å². The van der Waals surface area contributed by atoms with Gasteiger partial charge in [-0.25, -0.2) is 0 Å². The van der Waals surface area contributed by atoms with Crippen molar-refractivity contribution < 1.29 is 49.5 Å². The molecule has 1 unspecified atom stereocenters. The Morgan fingerprint density at radius 1 is 1.03 bits per heavy atom. The van der Waals surface area contributed by atoms with Crippen LogP contribution in [0.1, 0.15) is 39.4 Å². The minimum absolute atomic E-state index is 0. The number of fused-ring (bicyclic) bond motifs is 2. The first kappa shape index (κ1) is 23.7. The minimum atomic E-state index is 0. The third kappa shape index (κ3) is 5.15. The standard InChI is InChI=1S/C15H12N.C9H9N.2ClH.Zr/c1-11-6-7-15(16-10-11)14-8-12-4-2-3-5-13(12)9-14;1-2-8-6-7-4-3-5-9(7)10-8;;;/h2-10H,1H3;3-6H,2H2,1H3;2*1H;/q;;;;+2/p-2. The van der Waals surface area contributed by atoms with Crippen molar-refractivity contribution in [2.24, 2.45) is 4.99 Å². The SMILES string of the molecule is CCC1=NC2=CC=CC2=C1.Cc1ccc(C2=Cc3ccccc3[CH]2[Zr+2])nc1.[Cl-].[Cl-]. The van der Waals surface area contributed by atoms with Gasteiger partial charge in [0.1, 0.15) is 0 Å². The van der Waals surface area contributed by atoms with Crippen molar-refractivity contribution in [1.82, 2.24) is 4.98 Å². The summed E-state index contributed by atoms with van der Waals surface area (Å²) in [6.45, 7) is 4.20. The number of pyridine rings is 1. The molecule has 29 heavy (non-hydrogen) atoms. The fourth-order valence-electron chi connectivity index (χ4n) is 3.38. The molecule has 1 aromatic carbocycles. The van der Waals surface area contributed by atoms with Crippen molar-refractivity contribution >= 4 is 17.4 Å². The van der Waals surface area contributed by atoms with Crippen LogP contribution in [0.15, 0.2) is 83.2 Å². The summed E-state index contributed by atoms with van der Waals surface area (Å²) in [6, 6.07) is 12.9. The molecule has 5 heteroatoms. The van der Waals surface area contributed by atoms with Crippen LogP contribution in [-0.4, -0.2) is 10.7 Å². The van der Waals surface area contributed by atoms with Gasteiger partial charge in [-0.15, -0.1) is 0 Å². The smallest absolute Gasteiger partial charge is 1.00 e. The summed E-state index contributed by atoms with van der Waals surface area (Å²) < 4.78 is 0.536. The van der Waals surface area contributed by atoms with E-state index in [2.05, 4.69) is 84.5 Å². The second kappa shape index (κ2) is 10.5. The molecule has 5 rings (SSSR count). The molecule has 1 aromatic heterocycles. The molecule has 0 spiro atoms. The number of aliphatic imine (C=N–C) groups is 1. The summed E-state index contributed by atoms with van der Waals surface area (Å²) in [5.74, 6) is 0. The molecule has 0 fully saturated rings. The normalized spacial score (nSPS) is 17.4. The zero-order valence-corrected chi connectivity index (χ0v) is 20.3. The summed E-state index contributed by atoms with van der Waals surface area (Å²) >= 11 is 1.53. The number of halogens is 2. The molecule has 0 radical (unpaired) electrons. The Labute approximate surface area is 200 Å². The first-order chi connectivity index (χ1) is 13.2. The molecule has 2 heterocycles. The molecule has 2 nitrogen and oxygen atoms in total. The third-order valence-electron chi connectivity index (χ3n) is 4.91. The molecule has 2 aromatic rings. The quantitative estimate of drug-likeness (QED) is 0.561. The maximum Gasteiger partial charge on any atom is -1.00 e. The number of allylic oxidation sites excluding steroid dienone is 5. The number of hydrogen-bond donors (Lipinski definition) is 0. The Morgan fingerprint density at radius 2 is 1.83 bits per heavy atom. The van der Waals surface area contributed by atoms with Gasteiger partial charge in [-0.3, -0.25) is 4.99 Å².